The van der Waals surface area contributed by atoms with Crippen LogP contribution >= 0.6 is 0 Å². The minimum absolute atomic E-state index is 0.00396. The molecule has 3 heterocycles. The van der Waals surface area contributed by atoms with Crippen LogP contribution in [0.1, 0.15) is 42.5 Å². The molecule has 0 radical (unpaired) electrons. The molecule has 1 fully saturated rings. The van der Waals surface area contributed by atoms with Crippen molar-refractivity contribution in [1.82, 2.24) is 4.57 Å². The molecule has 1 aromatic carbocycles. The van der Waals surface area contributed by atoms with E-state index >= 15 is 0 Å². The largest absolute Gasteiger partial charge is 0.462 e. The van der Waals surface area contributed by atoms with E-state index in [1.54, 1.807) is 17.6 Å². The van der Waals surface area contributed by atoms with Crippen LogP contribution in [0.15, 0.2) is 52.6 Å². The molecule has 158 valence electrons. The zero-order valence-corrected chi connectivity index (χ0v) is 17.2. The zero-order valence-electron chi connectivity index (χ0n) is 17.2. The second-order valence-electron chi connectivity index (χ2n) is 7.56. The summed E-state index contributed by atoms with van der Waals surface area (Å²) in [6.07, 6.45) is 1.91. The Labute approximate surface area is 175 Å². The van der Waals surface area contributed by atoms with Gasteiger partial charge in [0, 0.05) is 18.4 Å². The van der Waals surface area contributed by atoms with Crippen LogP contribution < -0.4 is 16.0 Å². The van der Waals surface area contributed by atoms with Crippen molar-refractivity contribution in [3.8, 4) is 5.75 Å². The Morgan fingerprint density at radius 3 is 2.73 bits per heavy atom. The molecular formula is C23H26N2O5. The summed E-state index contributed by atoms with van der Waals surface area (Å²) < 4.78 is 18.4. The lowest BCUT2D eigenvalue weighted by Gasteiger charge is -2.29. The number of esters is 1. The number of benzene rings is 1. The number of aromatic nitrogens is 1. The Morgan fingerprint density at radius 2 is 2.07 bits per heavy atom. The second-order valence-corrected chi connectivity index (χ2v) is 7.56. The van der Waals surface area contributed by atoms with Crippen molar-refractivity contribution in [3.05, 3.63) is 75.0 Å². The van der Waals surface area contributed by atoms with Gasteiger partial charge >= 0.3 is 5.97 Å². The Morgan fingerprint density at radius 1 is 1.30 bits per heavy atom. The standard InChI is InChI=1S/C23H26N2O5/c1-3-28-23(27)20-18(15-8-5-4-6-9-15)19-17(30-21(20)24)12-14(2)25(22(19)26)13-16-10-7-11-29-16/h4-6,8-9,12,16,18H,3,7,10-11,13,24H2,1-2H3. The number of carbonyl (C=O) groups excluding carboxylic acids is 1. The fraction of sp³-hybridized carbons (Fsp3) is 0.391. The van der Waals surface area contributed by atoms with E-state index in [1.807, 2.05) is 37.3 Å². The van der Waals surface area contributed by atoms with Crippen molar-refractivity contribution >= 4 is 5.97 Å². The molecule has 2 aromatic rings. The van der Waals surface area contributed by atoms with E-state index < -0.39 is 11.9 Å². The number of carbonyl (C=O) groups is 1. The summed E-state index contributed by atoms with van der Waals surface area (Å²) in [5.74, 6) is -0.913. The van der Waals surface area contributed by atoms with Crippen molar-refractivity contribution in [2.45, 2.75) is 45.3 Å². The van der Waals surface area contributed by atoms with Gasteiger partial charge in [0.2, 0.25) is 5.88 Å². The van der Waals surface area contributed by atoms with Crippen LogP contribution in [0.4, 0.5) is 0 Å². The zero-order chi connectivity index (χ0) is 21.3. The molecule has 0 saturated carbocycles. The van der Waals surface area contributed by atoms with Crippen LogP contribution in [-0.4, -0.2) is 29.9 Å². The summed E-state index contributed by atoms with van der Waals surface area (Å²) in [7, 11) is 0. The molecule has 30 heavy (non-hydrogen) atoms. The lowest BCUT2D eigenvalue weighted by molar-refractivity contribution is -0.139. The number of aryl methyl sites for hydroxylation is 1. The molecule has 1 aromatic heterocycles. The van der Waals surface area contributed by atoms with Gasteiger partial charge in [-0.3, -0.25) is 4.79 Å². The number of hydrogen-bond acceptors (Lipinski definition) is 6. The first kappa shape index (κ1) is 20.2. The summed E-state index contributed by atoms with van der Waals surface area (Å²) in [6, 6.07) is 11.2. The van der Waals surface area contributed by atoms with Gasteiger partial charge in [0.05, 0.1) is 30.7 Å². The number of hydrogen-bond donors (Lipinski definition) is 1. The second kappa shape index (κ2) is 8.36. The molecule has 2 aliphatic rings. The quantitative estimate of drug-likeness (QED) is 0.762. The Balaban J connectivity index is 1.89. The molecule has 7 nitrogen and oxygen atoms in total. The van der Waals surface area contributed by atoms with Gasteiger partial charge in [-0.05, 0) is 32.3 Å². The summed E-state index contributed by atoms with van der Waals surface area (Å²) in [5.41, 5.74) is 8.02. The lowest BCUT2D eigenvalue weighted by Crippen LogP contribution is -2.36. The van der Waals surface area contributed by atoms with E-state index in [9.17, 15) is 9.59 Å². The molecule has 4 rings (SSSR count). The maximum atomic E-state index is 13.7. The first-order chi connectivity index (χ1) is 14.5. The van der Waals surface area contributed by atoms with Crippen LogP contribution in [0.3, 0.4) is 0 Å². The van der Waals surface area contributed by atoms with Gasteiger partial charge < -0.3 is 24.5 Å². The maximum absolute atomic E-state index is 13.7. The van der Waals surface area contributed by atoms with Crippen LogP contribution in [-0.2, 0) is 20.8 Å². The number of pyridine rings is 1. The first-order valence-corrected chi connectivity index (χ1v) is 10.3. The van der Waals surface area contributed by atoms with Crippen molar-refractivity contribution in [1.29, 1.82) is 0 Å². The van der Waals surface area contributed by atoms with Crippen molar-refractivity contribution in [3.63, 3.8) is 0 Å². The summed E-state index contributed by atoms with van der Waals surface area (Å²) >= 11 is 0. The number of nitrogens with two attached hydrogens (primary N) is 1. The van der Waals surface area contributed by atoms with E-state index in [0.29, 0.717) is 24.5 Å². The molecule has 0 bridgehead atoms. The molecule has 2 atom stereocenters. The van der Waals surface area contributed by atoms with Crippen molar-refractivity contribution in [2.75, 3.05) is 13.2 Å². The third-order valence-electron chi connectivity index (χ3n) is 5.61. The number of fused-ring (bicyclic) bond motifs is 1. The molecule has 0 aliphatic carbocycles. The third-order valence-corrected chi connectivity index (χ3v) is 5.61. The third kappa shape index (κ3) is 3.61. The predicted octanol–water partition coefficient (Wildman–Crippen LogP) is 2.59. The monoisotopic (exact) mass is 410 g/mol. The summed E-state index contributed by atoms with van der Waals surface area (Å²) in [4.78, 5) is 26.4. The number of ether oxygens (including phenoxy) is 3. The number of rotatable bonds is 5. The van der Waals surface area contributed by atoms with Crippen LogP contribution in [0.25, 0.3) is 0 Å². The maximum Gasteiger partial charge on any atom is 0.340 e. The molecule has 7 heteroatoms. The minimum atomic E-state index is -0.669. The van der Waals surface area contributed by atoms with E-state index in [-0.39, 0.29) is 29.7 Å². The van der Waals surface area contributed by atoms with Gasteiger partial charge in [-0.1, -0.05) is 30.3 Å². The molecule has 2 N–H and O–H groups in total. The van der Waals surface area contributed by atoms with Crippen LogP contribution in [0.5, 0.6) is 5.75 Å². The van der Waals surface area contributed by atoms with E-state index in [4.69, 9.17) is 19.9 Å². The Bertz CT molecular complexity index is 1040. The van der Waals surface area contributed by atoms with E-state index in [0.717, 1.165) is 24.1 Å². The van der Waals surface area contributed by atoms with E-state index in [1.165, 1.54) is 0 Å². The highest BCUT2D eigenvalue weighted by molar-refractivity contribution is 5.92. The highest BCUT2D eigenvalue weighted by Crippen LogP contribution is 2.41. The van der Waals surface area contributed by atoms with Crippen LogP contribution in [0, 0.1) is 6.92 Å². The Kier molecular flexibility index (Phi) is 5.63. The van der Waals surface area contributed by atoms with Crippen LogP contribution in [0.2, 0.25) is 0 Å². The molecular weight excluding hydrogens is 384 g/mol. The molecule has 1 saturated heterocycles. The normalized spacial score (nSPS) is 20.6. The SMILES string of the molecule is CCOC(=O)C1=C(N)Oc2cc(C)n(CC3CCCO3)c(=O)c2C1c1ccccc1. The smallest absolute Gasteiger partial charge is 0.340 e. The highest BCUT2D eigenvalue weighted by atomic mass is 16.5. The minimum Gasteiger partial charge on any atom is -0.462 e. The Hall–Kier alpha value is -3.06. The van der Waals surface area contributed by atoms with Gasteiger partial charge in [0.1, 0.15) is 11.3 Å². The van der Waals surface area contributed by atoms with Gasteiger partial charge in [-0.25, -0.2) is 4.79 Å². The summed E-state index contributed by atoms with van der Waals surface area (Å²) in [6.45, 7) is 4.96. The van der Waals surface area contributed by atoms with E-state index in [2.05, 4.69) is 0 Å². The summed E-state index contributed by atoms with van der Waals surface area (Å²) in [5, 5.41) is 0. The average Bonchev–Trinajstić information content (AvgIpc) is 3.24. The lowest BCUT2D eigenvalue weighted by atomic mass is 9.83. The topological polar surface area (TPSA) is 92.8 Å². The number of nitrogens with zero attached hydrogens (tertiary/aromatic N) is 1. The predicted molar refractivity (Wildman–Crippen MR) is 111 cm³/mol. The van der Waals surface area contributed by atoms with Gasteiger partial charge in [0.25, 0.3) is 5.56 Å². The highest BCUT2D eigenvalue weighted by Gasteiger charge is 2.38. The fourth-order valence-corrected chi connectivity index (χ4v) is 4.19. The van der Waals surface area contributed by atoms with Gasteiger partial charge in [-0.2, -0.15) is 0 Å². The van der Waals surface area contributed by atoms with Gasteiger partial charge in [-0.15, -0.1) is 0 Å². The first-order valence-electron chi connectivity index (χ1n) is 10.3. The molecule has 2 aliphatic heterocycles. The van der Waals surface area contributed by atoms with Gasteiger partial charge in [0.15, 0.2) is 0 Å². The average molecular weight is 410 g/mol. The van der Waals surface area contributed by atoms with Crippen molar-refractivity contribution in [2.24, 2.45) is 5.73 Å². The van der Waals surface area contributed by atoms with Crippen molar-refractivity contribution < 1.29 is 19.0 Å². The molecule has 2 unspecified atom stereocenters. The molecule has 0 amide bonds. The molecule has 0 spiro atoms. The fourth-order valence-electron chi connectivity index (χ4n) is 4.19.